The molecule has 0 radical (unpaired) electrons. The van der Waals surface area contributed by atoms with Crippen molar-refractivity contribution in [1.82, 2.24) is 0 Å². The fourth-order valence-corrected chi connectivity index (χ4v) is 50.2. The monoisotopic (exact) mass is 693 g/mol. The minimum Gasteiger partial charge on any atom is -0.202 e. The van der Waals surface area contributed by atoms with E-state index in [0.29, 0.717) is 0 Å². The summed E-state index contributed by atoms with van der Waals surface area (Å²) in [6, 6.07) is 0. The lowest BCUT2D eigenvalue weighted by Gasteiger charge is -2.34. The van der Waals surface area contributed by atoms with Crippen molar-refractivity contribution in [1.29, 1.82) is 0 Å². The third kappa shape index (κ3) is 12.0. The van der Waals surface area contributed by atoms with Crippen LogP contribution in [-0.2, 0) is 0 Å². The summed E-state index contributed by atoms with van der Waals surface area (Å²) in [6.07, 6.45) is 0. The second-order valence-electron chi connectivity index (χ2n) is 5.08. The molecule has 0 saturated heterocycles. The first-order chi connectivity index (χ1) is 14.5. The van der Waals surface area contributed by atoms with Gasteiger partial charge >= 0.3 is 0 Å². The fraction of sp³-hybridized carbons (Fsp3) is 1.00. The van der Waals surface area contributed by atoms with Crippen LogP contribution in [0.2, 0.25) is 0 Å². The summed E-state index contributed by atoms with van der Waals surface area (Å²) in [5.74, 6) is 10.7. The van der Waals surface area contributed by atoms with Crippen molar-refractivity contribution in [3.8, 4) is 0 Å². The van der Waals surface area contributed by atoms with Crippen LogP contribution in [0.1, 0.15) is 0 Å². The van der Waals surface area contributed by atoms with Crippen LogP contribution in [0.25, 0.3) is 0 Å². The first kappa shape index (κ1) is 32.9. The van der Waals surface area contributed by atoms with Gasteiger partial charge in [0, 0.05) is 34.5 Å². The summed E-state index contributed by atoms with van der Waals surface area (Å²) >= 11 is 38.4. The highest BCUT2D eigenvalue weighted by Gasteiger charge is 2.38. The Balaban J connectivity index is 3.71. The Morgan fingerprint density at radius 3 is 0.667 bits per heavy atom. The normalized spacial score (nSPS) is 19.0. The lowest BCUT2D eigenvalue weighted by atomic mass is 11.0. The molecule has 0 bridgehead atoms. The van der Waals surface area contributed by atoms with E-state index in [1.807, 2.05) is 68.3 Å². The van der Waals surface area contributed by atoms with Gasteiger partial charge in [0.2, 0.25) is 0 Å². The number of hydrogen-bond acceptors (Lipinski definition) is 15. The van der Waals surface area contributed by atoms with Gasteiger partial charge in [-0.1, -0.05) is 68.3 Å². The SMILES string of the molecule is SCCSP1(SCCS)=NP(SCCS)(SCCS)=NP(SCCS)(SCCS)=N1. The van der Waals surface area contributed by atoms with Crippen LogP contribution in [-0.4, -0.2) is 69.0 Å². The number of nitrogens with zero attached hydrogens (tertiary/aromatic N) is 3. The summed E-state index contributed by atoms with van der Waals surface area (Å²) < 4.78 is 16.7. The predicted molar refractivity (Wildman–Crippen MR) is 186 cm³/mol. The van der Waals surface area contributed by atoms with Crippen LogP contribution in [0.3, 0.4) is 0 Å². The maximum absolute atomic E-state index is 5.57. The molecule has 3 nitrogen and oxygen atoms in total. The molecule has 0 unspecified atom stereocenters. The van der Waals surface area contributed by atoms with Crippen LogP contribution in [0, 0.1) is 0 Å². The Morgan fingerprint density at radius 1 is 0.367 bits per heavy atom. The van der Waals surface area contributed by atoms with Gasteiger partial charge in [0.1, 0.15) is 0 Å². The van der Waals surface area contributed by atoms with E-state index in [0.717, 1.165) is 69.0 Å². The van der Waals surface area contributed by atoms with Crippen molar-refractivity contribution < 1.29 is 0 Å². The van der Waals surface area contributed by atoms with E-state index in [1.165, 1.54) is 0 Å². The zero-order valence-electron chi connectivity index (χ0n) is 16.3. The van der Waals surface area contributed by atoms with Crippen LogP contribution >= 0.6 is 161 Å². The van der Waals surface area contributed by atoms with E-state index in [9.17, 15) is 0 Å². The number of thiol groups is 6. The van der Waals surface area contributed by atoms with Crippen molar-refractivity contribution >= 4 is 161 Å². The Kier molecular flexibility index (Phi) is 20.9. The molecular formula is C12H30N3P3S12. The molecule has 1 rings (SSSR count). The van der Waals surface area contributed by atoms with Gasteiger partial charge in [-0.15, -0.1) is 0 Å². The lowest BCUT2D eigenvalue weighted by Crippen LogP contribution is -1.90. The van der Waals surface area contributed by atoms with Crippen molar-refractivity contribution in [2.45, 2.75) is 0 Å². The second-order valence-corrected chi connectivity index (χ2v) is 32.7. The van der Waals surface area contributed by atoms with Crippen LogP contribution in [0.15, 0.2) is 13.5 Å². The van der Waals surface area contributed by atoms with E-state index in [4.69, 9.17) is 13.5 Å². The van der Waals surface area contributed by atoms with Gasteiger partial charge in [-0.05, 0) is 34.5 Å². The van der Waals surface area contributed by atoms with Crippen molar-refractivity contribution in [3.63, 3.8) is 0 Å². The molecular weight excluding hydrogens is 664 g/mol. The maximum atomic E-state index is 5.57. The summed E-state index contributed by atoms with van der Waals surface area (Å²) in [5, 5.41) is 0. The van der Waals surface area contributed by atoms with Crippen molar-refractivity contribution in [2.75, 3.05) is 69.0 Å². The molecule has 0 aromatic heterocycles. The first-order valence-corrected chi connectivity index (χ1v) is 27.3. The van der Waals surface area contributed by atoms with E-state index in [1.54, 1.807) is 0 Å². The van der Waals surface area contributed by atoms with Crippen molar-refractivity contribution in [3.05, 3.63) is 0 Å². The Hall–Kier alpha value is 4.89. The van der Waals surface area contributed by atoms with Crippen molar-refractivity contribution in [2.24, 2.45) is 13.5 Å². The van der Waals surface area contributed by atoms with Gasteiger partial charge in [0.15, 0.2) is 16.8 Å². The molecule has 1 heterocycles. The molecule has 0 amide bonds. The zero-order valence-corrected chi connectivity index (χ0v) is 29.3. The summed E-state index contributed by atoms with van der Waals surface area (Å²) in [5.41, 5.74) is -6.06. The summed E-state index contributed by atoms with van der Waals surface area (Å²) in [4.78, 5) is 0. The molecule has 0 N–H and O–H groups in total. The minimum atomic E-state index is -2.02. The van der Waals surface area contributed by atoms with Gasteiger partial charge in [0.05, 0.1) is 0 Å². The smallest absolute Gasteiger partial charge is 0.190 e. The molecule has 0 atom stereocenters. The van der Waals surface area contributed by atoms with Crippen LogP contribution in [0.4, 0.5) is 0 Å². The van der Waals surface area contributed by atoms with Gasteiger partial charge in [-0.25, -0.2) is 13.5 Å². The molecule has 18 heteroatoms. The number of hydrogen-bond donors (Lipinski definition) is 6. The average molecular weight is 694 g/mol. The quantitative estimate of drug-likeness (QED) is 0.0635. The molecule has 0 saturated carbocycles. The molecule has 0 aromatic rings. The first-order valence-electron chi connectivity index (χ1n) is 8.92. The topological polar surface area (TPSA) is 37.1 Å². The highest BCUT2D eigenvalue weighted by molar-refractivity contribution is 9.00. The molecule has 180 valence electrons. The summed E-state index contributed by atoms with van der Waals surface area (Å²) in [7, 11) is 0. The molecule has 0 aliphatic carbocycles. The van der Waals surface area contributed by atoms with Gasteiger partial charge in [0.25, 0.3) is 0 Å². The van der Waals surface area contributed by atoms with E-state index in [2.05, 4.69) is 75.8 Å². The Bertz CT molecular complexity index is 511. The molecule has 0 aromatic carbocycles. The highest BCUT2D eigenvalue weighted by Crippen LogP contribution is 2.96. The molecule has 0 spiro atoms. The third-order valence-corrected chi connectivity index (χ3v) is 38.6. The third-order valence-electron chi connectivity index (χ3n) is 2.78. The number of rotatable bonds is 18. The predicted octanol–water partition coefficient (Wildman–Crippen LogP) is 9.82. The maximum Gasteiger partial charge on any atom is 0.190 e. The highest BCUT2D eigenvalue weighted by atomic mass is 33.1. The van der Waals surface area contributed by atoms with Crippen LogP contribution < -0.4 is 0 Å². The van der Waals surface area contributed by atoms with Gasteiger partial charge in [-0.3, -0.25) is 0 Å². The average Bonchev–Trinajstić information content (AvgIpc) is 2.76. The molecule has 1 aliphatic rings. The van der Waals surface area contributed by atoms with E-state index < -0.39 is 16.8 Å². The van der Waals surface area contributed by atoms with E-state index >= 15 is 0 Å². The molecule has 1 aliphatic heterocycles. The Labute approximate surface area is 240 Å². The zero-order chi connectivity index (χ0) is 22.3. The fourth-order valence-electron chi connectivity index (χ4n) is 1.86. The van der Waals surface area contributed by atoms with Crippen LogP contribution in [0.5, 0.6) is 0 Å². The standard InChI is InChI=1S/C12H30N3P3S12/c19-1-7-25-16(26-8-2-20)13-17(27-9-3-21,28-10-4-22)15-18(14-16,29-11-5-23)30-12-6-24/h19-24H,1-12H2. The van der Waals surface area contributed by atoms with E-state index in [-0.39, 0.29) is 0 Å². The molecule has 0 fully saturated rings. The Morgan fingerprint density at radius 2 is 0.533 bits per heavy atom. The largest absolute Gasteiger partial charge is 0.202 e. The van der Waals surface area contributed by atoms with Gasteiger partial charge < -0.3 is 0 Å². The van der Waals surface area contributed by atoms with Gasteiger partial charge in [-0.2, -0.15) is 75.8 Å². The minimum absolute atomic E-state index is 0.827. The lowest BCUT2D eigenvalue weighted by molar-refractivity contribution is 1.57. The second kappa shape index (κ2) is 19.0. The summed E-state index contributed by atoms with van der Waals surface area (Å²) in [6.45, 7) is 0. The molecule has 30 heavy (non-hydrogen) atoms.